The van der Waals surface area contributed by atoms with E-state index in [9.17, 15) is 9.59 Å². The lowest BCUT2D eigenvalue weighted by atomic mass is 9.83. The lowest BCUT2D eigenvalue weighted by Crippen LogP contribution is -2.29. The zero-order chi connectivity index (χ0) is 16.7. The van der Waals surface area contributed by atoms with Gasteiger partial charge < -0.3 is 4.74 Å². The number of Topliss-reactive ketones (excluding diaryl/α,β-unsaturated/α-hetero) is 1. The third-order valence-corrected chi connectivity index (χ3v) is 3.73. The predicted octanol–water partition coefficient (Wildman–Crippen LogP) is 3.86. The van der Waals surface area contributed by atoms with E-state index in [-0.39, 0.29) is 11.7 Å². The molecular weight excluding hydrogens is 288 g/mol. The molecule has 2 rings (SSSR count). The highest BCUT2D eigenvalue weighted by Crippen LogP contribution is 2.29. The van der Waals surface area contributed by atoms with Gasteiger partial charge in [0.2, 0.25) is 0 Å². The second kappa shape index (κ2) is 8.08. The summed E-state index contributed by atoms with van der Waals surface area (Å²) in [6.45, 7) is 1.42. The SMILES string of the molecule is COC(=O)C(C(C)=O)C(/C=C/c1ccccc1)c1ccccc1. The second-order valence-corrected chi connectivity index (χ2v) is 5.32. The minimum atomic E-state index is -0.845. The zero-order valence-corrected chi connectivity index (χ0v) is 13.3. The van der Waals surface area contributed by atoms with Gasteiger partial charge >= 0.3 is 5.97 Å². The molecule has 0 radical (unpaired) electrons. The molecule has 0 spiro atoms. The van der Waals surface area contributed by atoms with Crippen LogP contribution in [0.1, 0.15) is 24.0 Å². The van der Waals surface area contributed by atoms with E-state index in [4.69, 9.17) is 4.74 Å². The minimum absolute atomic E-state index is 0.205. The summed E-state index contributed by atoms with van der Waals surface area (Å²) < 4.78 is 4.83. The third kappa shape index (κ3) is 4.39. The van der Waals surface area contributed by atoms with Gasteiger partial charge in [-0.15, -0.1) is 0 Å². The van der Waals surface area contributed by atoms with Gasteiger partial charge in [0.1, 0.15) is 11.7 Å². The topological polar surface area (TPSA) is 43.4 Å². The van der Waals surface area contributed by atoms with Gasteiger partial charge in [0.15, 0.2) is 0 Å². The maximum atomic E-state index is 12.1. The average molecular weight is 308 g/mol. The minimum Gasteiger partial charge on any atom is -0.468 e. The molecule has 0 heterocycles. The summed E-state index contributed by atoms with van der Waals surface area (Å²) in [5, 5.41) is 0. The van der Waals surface area contributed by atoms with Crippen molar-refractivity contribution in [3.63, 3.8) is 0 Å². The van der Waals surface area contributed by atoms with Crippen LogP contribution in [0.2, 0.25) is 0 Å². The number of hydrogen-bond acceptors (Lipinski definition) is 3. The molecule has 0 amide bonds. The Labute approximate surface area is 136 Å². The number of ether oxygens (including phenoxy) is 1. The molecular formula is C20H20O3. The Balaban J connectivity index is 2.41. The molecule has 0 saturated carbocycles. The average Bonchev–Trinajstić information content (AvgIpc) is 2.59. The van der Waals surface area contributed by atoms with E-state index in [1.807, 2.05) is 72.8 Å². The standard InChI is InChI=1S/C20H20O3/c1-15(21)19(20(22)23-2)18(17-11-7-4-8-12-17)14-13-16-9-5-3-6-10-16/h3-14,18-19H,1-2H3/b14-13+. The number of methoxy groups -OCH3 is 1. The quantitative estimate of drug-likeness (QED) is 0.601. The van der Waals surface area contributed by atoms with Crippen LogP contribution in [0.5, 0.6) is 0 Å². The fourth-order valence-electron chi connectivity index (χ4n) is 2.56. The lowest BCUT2D eigenvalue weighted by Gasteiger charge is -2.21. The van der Waals surface area contributed by atoms with Crippen molar-refractivity contribution in [1.29, 1.82) is 0 Å². The predicted molar refractivity (Wildman–Crippen MR) is 90.8 cm³/mol. The summed E-state index contributed by atoms with van der Waals surface area (Å²) in [6, 6.07) is 19.3. The number of benzene rings is 2. The number of ketones is 1. The van der Waals surface area contributed by atoms with Gasteiger partial charge in [-0.25, -0.2) is 0 Å². The molecule has 2 aromatic carbocycles. The van der Waals surface area contributed by atoms with Crippen molar-refractivity contribution in [3.05, 3.63) is 77.9 Å². The molecule has 2 aromatic rings. The first-order valence-corrected chi connectivity index (χ1v) is 7.50. The number of esters is 1. The van der Waals surface area contributed by atoms with Crippen LogP contribution in [0.4, 0.5) is 0 Å². The first-order chi connectivity index (χ1) is 11.1. The van der Waals surface area contributed by atoms with Crippen LogP contribution in [0.15, 0.2) is 66.7 Å². The largest absolute Gasteiger partial charge is 0.468 e. The Hall–Kier alpha value is -2.68. The Bertz CT molecular complexity index is 675. The van der Waals surface area contributed by atoms with Gasteiger partial charge in [0.25, 0.3) is 0 Å². The first-order valence-electron chi connectivity index (χ1n) is 7.50. The van der Waals surface area contributed by atoms with Gasteiger partial charge in [-0.05, 0) is 18.1 Å². The van der Waals surface area contributed by atoms with Crippen LogP contribution in [0, 0.1) is 5.92 Å². The summed E-state index contributed by atoms with van der Waals surface area (Å²) in [5.41, 5.74) is 1.92. The van der Waals surface area contributed by atoms with Gasteiger partial charge in [-0.3, -0.25) is 9.59 Å². The maximum absolute atomic E-state index is 12.1. The second-order valence-electron chi connectivity index (χ2n) is 5.32. The molecule has 23 heavy (non-hydrogen) atoms. The van der Waals surface area contributed by atoms with Crippen LogP contribution >= 0.6 is 0 Å². The van der Waals surface area contributed by atoms with Crippen molar-refractivity contribution in [2.24, 2.45) is 5.92 Å². The molecule has 0 aromatic heterocycles. The summed E-state index contributed by atoms with van der Waals surface area (Å²) in [5.74, 6) is -1.92. The summed E-state index contributed by atoms with van der Waals surface area (Å²) in [7, 11) is 1.31. The Morgan fingerprint density at radius 1 is 0.957 bits per heavy atom. The number of rotatable bonds is 6. The van der Waals surface area contributed by atoms with Crippen molar-refractivity contribution in [3.8, 4) is 0 Å². The van der Waals surface area contributed by atoms with E-state index in [1.165, 1.54) is 14.0 Å². The van der Waals surface area contributed by atoms with Crippen LogP contribution in [0.3, 0.4) is 0 Å². The molecule has 0 aliphatic rings. The van der Waals surface area contributed by atoms with E-state index >= 15 is 0 Å². The fraction of sp³-hybridized carbons (Fsp3) is 0.200. The molecule has 0 saturated heterocycles. The zero-order valence-electron chi connectivity index (χ0n) is 13.3. The first kappa shape index (κ1) is 16.7. The Kier molecular flexibility index (Phi) is 5.87. The molecule has 0 aliphatic heterocycles. The van der Waals surface area contributed by atoms with Crippen LogP contribution in [-0.4, -0.2) is 18.9 Å². The summed E-state index contributed by atoms with van der Waals surface area (Å²) in [4.78, 5) is 24.1. The van der Waals surface area contributed by atoms with Crippen LogP contribution < -0.4 is 0 Å². The highest BCUT2D eigenvalue weighted by molar-refractivity contribution is 5.99. The van der Waals surface area contributed by atoms with E-state index in [1.54, 1.807) is 0 Å². The number of allylic oxidation sites excluding steroid dienone is 1. The van der Waals surface area contributed by atoms with Gasteiger partial charge in [0, 0.05) is 5.92 Å². The smallest absolute Gasteiger partial charge is 0.317 e. The number of hydrogen-bond donors (Lipinski definition) is 0. The van der Waals surface area contributed by atoms with E-state index in [2.05, 4.69) is 0 Å². The van der Waals surface area contributed by atoms with E-state index in [0.717, 1.165) is 11.1 Å². The van der Waals surface area contributed by atoms with Gasteiger partial charge in [-0.2, -0.15) is 0 Å². The van der Waals surface area contributed by atoms with Crippen molar-refractivity contribution in [2.45, 2.75) is 12.8 Å². The van der Waals surface area contributed by atoms with Crippen LogP contribution in [0.25, 0.3) is 6.08 Å². The number of carbonyl (C=O) groups is 2. The van der Waals surface area contributed by atoms with Crippen molar-refractivity contribution in [2.75, 3.05) is 7.11 Å². The molecule has 0 fully saturated rings. The summed E-state index contributed by atoms with van der Waals surface area (Å²) in [6.07, 6.45) is 3.82. The molecule has 0 bridgehead atoms. The van der Waals surface area contributed by atoms with Crippen molar-refractivity contribution < 1.29 is 14.3 Å². The summed E-state index contributed by atoms with van der Waals surface area (Å²) >= 11 is 0. The third-order valence-electron chi connectivity index (χ3n) is 3.73. The molecule has 3 heteroatoms. The molecule has 2 atom stereocenters. The van der Waals surface area contributed by atoms with Gasteiger partial charge in [0.05, 0.1) is 7.11 Å². The van der Waals surface area contributed by atoms with E-state index in [0.29, 0.717) is 0 Å². The van der Waals surface area contributed by atoms with E-state index < -0.39 is 11.9 Å². The molecule has 2 unspecified atom stereocenters. The fourth-order valence-corrected chi connectivity index (χ4v) is 2.56. The Morgan fingerprint density at radius 3 is 2.04 bits per heavy atom. The maximum Gasteiger partial charge on any atom is 0.317 e. The monoisotopic (exact) mass is 308 g/mol. The highest BCUT2D eigenvalue weighted by atomic mass is 16.5. The number of carbonyl (C=O) groups excluding carboxylic acids is 2. The molecule has 0 N–H and O–H groups in total. The molecule has 0 aliphatic carbocycles. The molecule has 3 nitrogen and oxygen atoms in total. The highest BCUT2D eigenvalue weighted by Gasteiger charge is 2.32. The normalized spacial score (nSPS) is 13.5. The van der Waals surface area contributed by atoms with Crippen molar-refractivity contribution >= 4 is 17.8 Å². The van der Waals surface area contributed by atoms with Crippen LogP contribution in [-0.2, 0) is 14.3 Å². The van der Waals surface area contributed by atoms with Crippen molar-refractivity contribution in [1.82, 2.24) is 0 Å². The lowest BCUT2D eigenvalue weighted by molar-refractivity contribution is -0.149. The molecule has 118 valence electrons. The Morgan fingerprint density at radius 2 is 1.52 bits per heavy atom. The van der Waals surface area contributed by atoms with Gasteiger partial charge in [-0.1, -0.05) is 72.8 Å².